The molecule has 0 unspecified atom stereocenters. The van der Waals surface area contributed by atoms with E-state index < -0.39 is 0 Å². The van der Waals surface area contributed by atoms with Gasteiger partial charge >= 0.3 is 5.97 Å². The van der Waals surface area contributed by atoms with Crippen molar-refractivity contribution in [2.45, 2.75) is 19.4 Å². The van der Waals surface area contributed by atoms with Gasteiger partial charge in [-0.3, -0.25) is 4.79 Å². The summed E-state index contributed by atoms with van der Waals surface area (Å²) in [6.07, 6.45) is 4.69. The van der Waals surface area contributed by atoms with Crippen LogP contribution in [0.15, 0.2) is 60.9 Å². The maximum Gasteiger partial charge on any atom is 0.306 e. The van der Waals surface area contributed by atoms with Gasteiger partial charge in [-0.05, 0) is 24.1 Å². The van der Waals surface area contributed by atoms with Crippen LogP contribution in [0.5, 0.6) is 0 Å². The number of nitriles is 1. The zero-order valence-corrected chi connectivity index (χ0v) is 12.6. The summed E-state index contributed by atoms with van der Waals surface area (Å²) in [6.45, 7) is 0.123. The van der Waals surface area contributed by atoms with Crippen molar-refractivity contribution in [1.29, 1.82) is 5.26 Å². The van der Waals surface area contributed by atoms with Gasteiger partial charge in [0.25, 0.3) is 0 Å². The molecule has 2 heterocycles. The lowest BCUT2D eigenvalue weighted by Gasteiger charge is -2.04. The molecule has 0 aliphatic rings. The van der Waals surface area contributed by atoms with Gasteiger partial charge in [-0.25, -0.2) is 0 Å². The molecule has 0 aliphatic carbocycles. The van der Waals surface area contributed by atoms with Gasteiger partial charge in [0.05, 0.1) is 11.1 Å². The van der Waals surface area contributed by atoms with Crippen LogP contribution in [0.2, 0.25) is 0 Å². The van der Waals surface area contributed by atoms with E-state index in [1.165, 1.54) is 0 Å². The predicted octanol–water partition coefficient (Wildman–Crippen LogP) is 3.49. The van der Waals surface area contributed by atoms with Crippen LogP contribution in [0.25, 0.3) is 5.52 Å². The van der Waals surface area contributed by atoms with Gasteiger partial charge in [0, 0.05) is 24.4 Å². The normalized spacial score (nSPS) is 10.4. The first-order chi connectivity index (χ1) is 11.3. The molecule has 0 amide bonds. The monoisotopic (exact) mass is 304 g/mol. The molecule has 4 heteroatoms. The van der Waals surface area contributed by atoms with Crippen LogP contribution >= 0.6 is 0 Å². The predicted molar refractivity (Wildman–Crippen MR) is 86.7 cm³/mol. The summed E-state index contributed by atoms with van der Waals surface area (Å²) in [5.74, 6) is -0.256. The van der Waals surface area contributed by atoms with E-state index in [4.69, 9.17) is 4.74 Å². The third kappa shape index (κ3) is 3.41. The third-order valence-corrected chi connectivity index (χ3v) is 3.72. The fourth-order valence-corrected chi connectivity index (χ4v) is 2.54. The van der Waals surface area contributed by atoms with Crippen LogP contribution in [-0.4, -0.2) is 10.4 Å². The molecule has 2 aromatic heterocycles. The molecule has 0 N–H and O–H groups in total. The summed E-state index contributed by atoms with van der Waals surface area (Å²) in [5, 5.41) is 9.32. The Morgan fingerprint density at radius 1 is 1.13 bits per heavy atom. The Kier molecular flexibility index (Phi) is 4.39. The lowest BCUT2D eigenvalue weighted by atomic mass is 10.1. The molecule has 4 nitrogen and oxygen atoms in total. The number of ether oxygens (including phenoxy) is 1. The number of hydrogen-bond acceptors (Lipinski definition) is 3. The van der Waals surface area contributed by atoms with Gasteiger partial charge in [-0.1, -0.05) is 36.4 Å². The Labute approximate surface area is 134 Å². The first-order valence-electron chi connectivity index (χ1n) is 7.46. The lowest BCUT2D eigenvalue weighted by Crippen LogP contribution is -2.06. The van der Waals surface area contributed by atoms with E-state index in [2.05, 4.69) is 6.07 Å². The number of nitrogens with zero attached hydrogens (tertiary/aromatic N) is 2. The number of fused-ring (bicyclic) bond motifs is 1. The molecule has 114 valence electrons. The number of rotatable bonds is 5. The van der Waals surface area contributed by atoms with Crippen molar-refractivity contribution in [2.24, 2.45) is 0 Å². The SMILES string of the molecule is N#Cc1c(COC(=O)CCc2ccccc2)cn2ccccc12. The van der Waals surface area contributed by atoms with Gasteiger partial charge in [0.2, 0.25) is 0 Å². The lowest BCUT2D eigenvalue weighted by molar-refractivity contribution is -0.144. The Balaban J connectivity index is 1.62. The number of aryl methyl sites for hydroxylation is 1. The molecule has 3 rings (SSSR count). The van der Waals surface area contributed by atoms with Crippen molar-refractivity contribution in [1.82, 2.24) is 4.40 Å². The van der Waals surface area contributed by atoms with E-state index in [9.17, 15) is 10.1 Å². The average Bonchev–Trinajstić information content (AvgIpc) is 2.96. The fraction of sp³-hybridized carbons (Fsp3) is 0.158. The highest BCUT2D eigenvalue weighted by molar-refractivity contribution is 5.70. The molecule has 3 aromatic rings. The van der Waals surface area contributed by atoms with Crippen molar-refractivity contribution in [2.75, 3.05) is 0 Å². The van der Waals surface area contributed by atoms with E-state index in [0.717, 1.165) is 16.6 Å². The standard InChI is InChI=1S/C19H16N2O2/c20-12-17-16(13-21-11-5-4-8-18(17)21)14-23-19(22)10-9-15-6-2-1-3-7-15/h1-8,11,13H,9-10,14H2. The minimum atomic E-state index is -0.256. The minimum Gasteiger partial charge on any atom is -0.461 e. The first kappa shape index (κ1) is 14.9. The average molecular weight is 304 g/mol. The fourth-order valence-electron chi connectivity index (χ4n) is 2.54. The number of aromatic nitrogens is 1. The van der Waals surface area contributed by atoms with E-state index in [-0.39, 0.29) is 12.6 Å². The molecule has 0 spiro atoms. The summed E-state index contributed by atoms with van der Waals surface area (Å²) < 4.78 is 7.19. The van der Waals surface area contributed by atoms with Crippen LogP contribution in [-0.2, 0) is 22.6 Å². The van der Waals surface area contributed by atoms with E-state index in [0.29, 0.717) is 18.4 Å². The van der Waals surface area contributed by atoms with Crippen LogP contribution in [0, 0.1) is 11.3 Å². The minimum absolute atomic E-state index is 0.123. The molecule has 0 atom stereocenters. The number of esters is 1. The smallest absolute Gasteiger partial charge is 0.306 e. The Hall–Kier alpha value is -3.06. The summed E-state index contributed by atoms with van der Waals surface area (Å²) in [5.41, 5.74) is 3.22. The van der Waals surface area contributed by atoms with E-state index in [1.807, 2.05) is 65.3 Å². The van der Waals surface area contributed by atoms with Gasteiger partial charge < -0.3 is 9.14 Å². The second kappa shape index (κ2) is 6.80. The zero-order valence-electron chi connectivity index (χ0n) is 12.6. The molecule has 23 heavy (non-hydrogen) atoms. The third-order valence-electron chi connectivity index (χ3n) is 3.72. The number of hydrogen-bond donors (Lipinski definition) is 0. The molecule has 0 fully saturated rings. The second-order valence-electron chi connectivity index (χ2n) is 5.28. The van der Waals surface area contributed by atoms with E-state index >= 15 is 0 Å². The maximum atomic E-state index is 11.9. The Morgan fingerprint density at radius 3 is 2.70 bits per heavy atom. The number of carbonyl (C=O) groups is 1. The Morgan fingerprint density at radius 2 is 1.91 bits per heavy atom. The second-order valence-corrected chi connectivity index (χ2v) is 5.28. The first-order valence-corrected chi connectivity index (χ1v) is 7.46. The molecule has 0 radical (unpaired) electrons. The molecule has 0 aliphatic heterocycles. The van der Waals surface area contributed by atoms with Crippen molar-refractivity contribution < 1.29 is 9.53 Å². The highest BCUT2D eigenvalue weighted by Gasteiger charge is 2.12. The van der Waals surface area contributed by atoms with Gasteiger partial charge in [0.1, 0.15) is 12.7 Å². The van der Waals surface area contributed by atoms with Crippen LogP contribution in [0.1, 0.15) is 23.1 Å². The summed E-state index contributed by atoms with van der Waals surface area (Å²) in [7, 11) is 0. The highest BCUT2D eigenvalue weighted by atomic mass is 16.5. The van der Waals surface area contributed by atoms with Crippen molar-refractivity contribution in [3.8, 4) is 6.07 Å². The Bertz CT molecular complexity index is 860. The molecule has 1 aromatic carbocycles. The van der Waals surface area contributed by atoms with Crippen LogP contribution in [0.4, 0.5) is 0 Å². The van der Waals surface area contributed by atoms with Crippen LogP contribution < -0.4 is 0 Å². The zero-order chi connectivity index (χ0) is 16.1. The van der Waals surface area contributed by atoms with Gasteiger partial charge in [0.15, 0.2) is 0 Å². The number of benzene rings is 1. The van der Waals surface area contributed by atoms with Gasteiger partial charge in [-0.15, -0.1) is 0 Å². The summed E-state index contributed by atoms with van der Waals surface area (Å²) in [6, 6.07) is 17.7. The molecular weight excluding hydrogens is 288 g/mol. The van der Waals surface area contributed by atoms with E-state index in [1.54, 1.807) is 0 Å². The summed E-state index contributed by atoms with van der Waals surface area (Å²) >= 11 is 0. The molecule has 0 saturated carbocycles. The quantitative estimate of drug-likeness (QED) is 0.678. The van der Waals surface area contributed by atoms with Crippen molar-refractivity contribution >= 4 is 11.5 Å². The number of carbonyl (C=O) groups excluding carboxylic acids is 1. The largest absolute Gasteiger partial charge is 0.461 e. The molecule has 0 saturated heterocycles. The van der Waals surface area contributed by atoms with Crippen molar-refractivity contribution in [3.05, 3.63) is 77.6 Å². The molecule has 0 bridgehead atoms. The number of pyridine rings is 1. The summed E-state index contributed by atoms with van der Waals surface area (Å²) in [4.78, 5) is 11.9. The highest BCUT2D eigenvalue weighted by Crippen LogP contribution is 2.18. The van der Waals surface area contributed by atoms with Crippen LogP contribution in [0.3, 0.4) is 0 Å². The molecular formula is C19H16N2O2. The topological polar surface area (TPSA) is 54.5 Å². The van der Waals surface area contributed by atoms with Crippen molar-refractivity contribution in [3.63, 3.8) is 0 Å². The van der Waals surface area contributed by atoms with Gasteiger partial charge in [-0.2, -0.15) is 5.26 Å². The maximum absolute atomic E-state index is 11.9.